The van der Waals surface area contributed by atoms with Crippen molar-refractivity contribution in [3.8, 4) is 17.0 Å². The van der Waals surface area contributed by atoms with Crippen LogP contribution >= 0.6 is 11.8 Å². The summed E-state index contributed by atoms with van der Waals surface area (Å²) < 4.78 is 35.6. The minimum atomic E-state index is -2.97. The second kappa shape index (κ2) is 8.14. The summed E-state index contributed by atoms with van der Waals surface area (Å²) in [6.07, 6.45) is 4.80. The van der Waals surface area contributed by atoms with Gasteiger partial charge in [0.2, 0.25) is 0 Å². The standard InChI is InChI=1S/C20H23F2N5O2S/c21-20(22)29-16-5-12(7-24-18(16)23)15-6-17(26-19(25-15)11-3-4-28-9-11)27-8-14-2-1-13(27)10-30-14/h5-7,11,13-14,20H,1-4,8-10H2,(H2,23,24)/t11?,13-,14-/m0/s1. The molecule has 4 saturated heterocycles. The summed E-state index contributed by atoms with van der Waals surface area (Å²) in [6, 6.07) is 3.84. The monoisotopic (exact) mass is 435 g/mol. The Kier molecular flexibility index (Phi) is 5.36. The predicted octanol–water partition coefficient (Wildman–Crippen LogP) is 3.31. The zero-order valence-electron chi connectivity index (χ0n) is 16.3. The van der Waals surface area contributed by atoms with Crippen LogP contribution < -0.4 is 15.4 Å². The summed E-state index contributed by atoms with van der Waals surface area (Å²) in [5.74, 6) is 2.60. The van der Waals surface area contributed by atoms with E-state index in [1.165, 1.54) is 18.7 Å². The molecule has 1 unspecified atom stereocenters. The first kappa shape index (κ1) is 19.7. The Labute approximate surface area is 177 Å². The molecule has 10 heteroatoms. The maximum absolute atomic E-state index is 12.7. The second-order valence-corrected chi connectivity index (χ2v) is 9.19. The molecule has 160 valence electrons. The third-order valence-corrected chi connectivity index (χ3v) is 7.33. The maximum atomic E-state index is 12.7. The summed E-state index contributed by atoms with van der Waals surface area (Å²) in [4.78, 5) is 16.1. The van der Waals surface area contributed by atoms with Crippen molar-refractivity contribution in [3.63, 3.8) is 0 Å². The van der Waals surface area contributed by atoms with E-state index in [4.69, 9.17) is 20.4 Å². The number of nitrogens with zero attached hydrogens (tertiary/aromatic N) is 4. The van der Waals surface area contributed by atoms with Gasteiger partial charge in [0.1, 0.15) is 11.6 Å². The first-order chi connectivity index (χ1) is 14.6. The third kappa shape index (κ3) is 3.90. The number of rotatable bonds is 5. The molecule has 4 aliphatic heterocycles. The first-order valence-corrected chi connectivity index (χ1v) is 11.2. The number of pyridine rings is 1. The molecule has 0 aliphatic carbocycles. The van der Waals surface area contributed by atoms with E-state index in [1.807, 2.05) is 17.8 Å². The van der Waals surface area contributed by atoms with E-state index in [2.05, 4.69) is 14.6 Å². The lowest BCUT2D eigenvalue weighted by Gasteiger charge is -2.45. The molecule has 3 atom stereocenters. The fourth-order valence-electron chi connectivity index (χ4n) is 4.28. The zero-order valence-corrected chi connectivity index (χ0v) is 17.2. The normalized spacial score (nSPS) is 25.8. The van der Waals surface area contributed by atoms with Crippen LogP contribution in [-0.4, -0.2) is 58.4 Å². The average Bonchev–Trinajstić information content (AvgIpc) is 3.30. The molecule has 0 amide bonds. The van der Waals surface area contributed by atoms with Gasteiger partial charge in [0.15, 0.2) is 11.6 Å². The molecule has 2 aromatic rings. The van der Waals surface area contributed by atoms with Gasteiger partial charge in [-0.3, -0.25) is 0 Å². The summed E-state index contributed by atoms with van der Waals surface area (Å²) in [7, 11) is 0. The molecule has 0 saturated carbocycles. The number of aromatic nitrogens is 3. The lowest BCUT2D eigenvalue weighted by Crippen LogP contribution is -2.51. The molecule has 2 aromatic heterocycles. The van der Waals surface area contributed by atoms with Crippen LogP contribution in [0.25, 0.3) is 11.3 Å². The molecule has 2 bridgehead atoms. The fraction of sp³-hybridized carbons (Fsp3) is 0.550. The minimum absolute atomic E-state index is 0.0805. The lowest BCUT2D eigenvalue weighted by atomic mass is 10.0. The number of ether oxygens (including phenoxy) is 2. The number of piperidine rings is 1. The molecule has 7 nitrogen and oxygen atoms in total. The quantitative estimate of drug-likeness (QED) is 0.766. The van der Waals surface area contributed by atoms with Crippen LogP contribution in [0.4, 0.5) is 20.4 Å². The van der Waals surface area contributed by atoms with Crippen LogP contribution in [0.5, 0.6) is 5.75 Å². The van der Waals surface area contributed by atoms with Crippen molar-refractivity contribution in [2.45, 2.75) is 43.1 Å². The van der Waals surface area contributed by atoms with Crippen molar-refractivity contribution in [2.24, 2.45) is 0 Å². The molecule has 30 heavy (non-hydrogen) atoms. The van der Waals surface area contributed by atoms with Crippen molar-refractivity contribution in [3.05, 3.63) is 24.2 Å². The Morgan fingerprint density at radius 3 is 2.80 bits per heavy atom. The van der Waals surface area contributed by atoms with Crippen LogP contribution in [0.1, 0.15) is 31.0 Å². The van der Waals surface area contributed by atoms with Crippen molar-refractivity contribution in [2.75, 3.05) is 36.1 Å². The Morgan fingerprint density at radius 2 is 2.13 bits per heavy atom. The van der Waals surface area contributed by atoms with E-state index in [0.29, 0.717) is 35.8 Å². The van der Waals surface area contributed by atoms with Crippen molar-refractivity contribution >= 4 is 23.4 Å². The van der Waals surface area contributed by atoms with Crippen LogP contribution in [-0.2, 0) is 4.74 Å². The molecule has 6 rings (SSSR count). The fourth-order valence-corrected chi connectivity index (χ4v) is 5.69. The van der Waals surface area contributed by atoms with Gasteiger partial charge in [-0.25, -0.2) is 15.0 Å². The smallest absolute Gasteiger partial charge is 0.387 e. The van der Waals surface area contributed by atoms with Gasteiger partial charge in [-0.1, -0.05) is 0 Å². The largest absolute Gasteiger partial charge is 0.431 e. The van der Waals surface area contributed by atoms with Crippen molar-refractivity contribution in [1.82, 2.24) is 15.0 Å². The van der Waals surface area contributed by atoms with Gasteiger partial charge < -0.3 is 20.1 Å². The summed E-state index contributed by atoms with van der Waals surface area (Å²) >= 11 is 2.03. The number of halogens is 2. The van der Waals surface area contributed by atoms with Crippen molar-refractivity contribution < 1.29 is 18.3 Å². The number of alkyl halides is 2. The summed E-state index contributed by atoms with van der Waals surface area (Å²) in [5, 5.41) is 0.621. The van der Waals surface area contributed by atoms with Gasteiger partial charge in [0.25, 0.3) is 0 Å². The van der Waals surface area contributed by atoms with Crippen molar-refractivity contribution in [1.29, 1.82) is 0 Å². The molecule has 0 radical (unpaired) electrons. The van der Waals surface area contributed by atoms with Crippen LogP contribution in [0, 0.1) is 0 Å². The van der Waals surface area contributed by atoms with E-state index in [1.54, 1.807) is 0 Å². The molecule has 4 fully saturated rings. The maximum Gasteiger partial charge on any atom is 0.387 e. The Morgan fingerprint density at radius 1 is 1.23 bits per heavy atom. The molecule has 0 spiro atoms. The number of hydrogen-bond acceptors (Lipinski definition) is 8. The van der Waals surface area contributed by atoms with Gasteiger partial charge in [0, 0.05) is 53.9 Å². The topological polar surface area (TPSA) is 86.4 Å². The molecular weight excluding hydrogens is 412 g/mol. The average molecular weight is 436 g/mol. The second-order valence-electron chi connectivity index (χ2n) is 7.85. The van der Waals surface area contributed by atoms with Gasteiger partial charge in [-0.15, -0.1) is 0 Å². The molecule has 0 aromatic carbocycles. The number of nitrogen functional groups attached to an aromatic ring is 1. The van der Waals surface area contributed by atoms with Crippen LogP contribution in [0.15, 0.2) is 18.3 Å². The van der Waals surface area contributed by atoms with Crippen LogP contribution in [0.2, 0.25) is 0 Å². The highest BCUT2D eigenvalue weighted by Crippen LogP contribution is 2.39. The Bertz CT molecular complexity index is 920. The van der Waals surface area contributed by atoms with Gasteiger partial charge in [-0.2, -0.15) is 20.5 Å². The van der Waals surface area contributed by atoms with Gasteiger partial charge in [-0.05, 0) is 25.3 Å². The molecule has 6 heterocycles. The van der Waals surface area contributed by atoms with E-state index in [9.17, 15) is 8.78 Å². The van der Waals surface area contributed by atoms with E-state index >= 15 is 0 Å². The summed E-state index contributed by atoms with van der Waals surface area (Å²) in [6.45, 7) is -0.733. The first-order valence-electron chi connectivity index (χ1n) is 10.1. The van der Waals surface area contributed by atoms with E-state index < -0.39 is 6.61 Å². The molecular formula is C20H23F2N5O2S. The van der Waals surface area contributed by atoms with E-state index in [0.717, 1.165) is 36.8 Å². The number of anilines is 2. The SMILES string of the molecule is Nc1ncc(-c2cc(N3C[C@@H]4CC[C@H]3CS4)nc(C3CCOC3)n2)cc1OC(F)F. The Hall–Kier alpha value is -2.20. The van der Waals surface area contributed by atoms with Gasteiger partial charge in [0.05, 0.1) is 12.3 Å². The molecule has 2 N–H and O–H groups in total. The third-order valence-electron chi connectivity index (χ3n) is 5.90. The number of thioether (sulfide) groups is 1. The predicted molar refractivity (Wildman–Crippen MR) is 111 cm³/mol. The highest BCUT2D eigenvalue weighted by atomic mass is 32.2. The number of fused-ring (bicyclic) bond motifs is 3. The Balaban J connectivity index is 1.55. The summed E-state index contributed by atoms with van der Waals surface area (Å²) in [5.41, 5.74) is 6.90. The number of hydrogen-bond donors (Lipinski definition) is 1. The lowest BCUT2D eigenvalue weighted by molar-refractivity contribution is -0.0494. The minimum Gasteiger partial charge on any atom is -0.431 e. The molecule has 4 aliphatic rings. The zero-order chi connectivity index (χ0) is 20.7. The highest BCUT2D eigenvalue weighted by Gasteiger charge is 2.35. The van der Waals surface area contributed by atoms with Crippen LogP contribution in [0.3, 0.4) is 0 Å². The number of nitrogens with two attached hydrogens (primary N) is 1. The highest BCUT2D eigenvalue weighted by molar-refractivity contribution is 8.00. The van der Waals surface area contributed by atoms with E-state index in [-0.39, 0.29) is 17.5 Å². The van der Waals surface area contributed by atoms with Gasteiger partial charge >= 0.3 is 6.61 Å².